The number of aliphatic hydroxyl groups is 2. The number of allylic oxidation sites excluding steroid dienone is 1. The van der Waals surface area contributed by atoms with Gasteiger partial charge in [-0.25, -0.2) is 9.18 Å². The largest absolute Gasteiger partial charge is 0.508 e. The van der Waals surface area contributed by atoms with E-state index >= 15 is 0 Å². The first-order valence-corrected chi connectivity index (χ1v) is 8.37. The van der Waals surface area contributed by atoms with Crippen LogP contribution in [-0.2, 0) is 14.3 Å². The molecule has 0 aromatic heterocycles. The van der Waals surface area contributed by atoms with Crippen LogP contribution in [0.2, 0.25) is 0 Å². The number of carbonyl (C=O) groups excluding carboxylic acids is 3. The Balaban J connectivity index is 2.04. The zero-order chi connectivity index (χ0) is 20.0. The van der Waals surface area contributed by atoms with E-state index in [0.29, 0.717) is 0 Å². The molecule has 7 heteroatoms. The van der Waals surface area contributed by atoms with E-state index in [1.54, 1.807) is 12.1 Å². The summed E-state index contributed by atoms with van der Waals surface area (Å²) in [6.07, 6.45) is 0. The van der Waals surface area contributed by atoms with Crippen LogP contribution in [0.4, 0.5) is 4.39 Å². The predicted octanol–water partition coefficient (Wildman–Crippen LogP) is 3.01. The Morgan fingerprint density at radius 1 is 0.857 bits per heavy atom. The highest BCUT2D eigenvalue weighted by atomic mass is 19.1. The second kappa shape index (κ2) is 6.45. The second-order valence-electron chi connectivity index (χ2n) is 6.36. The van der Waals surface area contributed by atoms with Crippen LogP contribution >= 0.6 is 0 Å². The molecule has 1 aliphatic heterocycles. The molecule has 1 unspecified atom stereocenters. The van der Waals surface area contributed by atoms with E-state index in [4.69, 9.17) is 4.74 Å². The van der Waals surface area contributed by atoms with Gasteiger partial charge in [0.05, 0.1) is 17.1 Å². The summed E-state index contributed by atoms with van der Waals surface area (Å²) in [5.41, 5.74) is -0.908. The average molecular weight is 380 g/mol. The first-order chi connectivity index (χ1) is 13.4. The third-order valence-corrected chi connectivity index (χ3v) is 4.80. The molecule has 0 saturated carbocycles. The maximum absolute atomic E-state index is 14.6. The van der Waals surface area contributed by atoms with Gasteiger partial charge in [-0.05, 0) is 6.07 Å². The molecule has 0 radical (unpaired) electrons. The number of carbonyl (C=O) groups is 3. The van der Waals surface area contributed by atoms with Crippen LogP contribution in [0.15, 0.2) is 65.4 Å². The van der Waals surface area contributed by atoms with Gasteiger partial charge >= 0.3 is 5.97 Å². The molecule has 6 nitrogen and oxygen atoms in total. The number of aliphatic hydroxyl groups excluding tert-OH is 2. The first-order valence-electron chi connectivity index (χ1n) is 8.37. The molecule has 1 aliphatic carbocycles. The third-order valence-electron chi connectivity index (χ3n) is 4.80. The van der Waals surface area contributed by atoms with Crippen molar-refractivity contribution in [2.24, 2.45) is 0 Å². The maximum Gasteiger partial charge on any atom is 0.338 e. The van der Waals surface area contributed by atoms with Crippen molar-refractivity contribution in [1.29, 1.82) is 0 Å². The van der Waals surface area contributed by atoms with Crippen LogP contribution in [0, 0.1) is 5.82 Å². The lowest BCUT2D eigenvalue weighted by atomic mass is 9.76. The molecule has 4 rings (SSSR count). The Morgan fingerprint density at radius 3 is 2.14 bits per heavy atom. The first kappa shape index (κ1) is 17.7. The molecule has 0 fully saturated rings. The van der Waals surface area contributed by atoms with Crippen molar-refractivity contribution in [3.05, 3.63) is 87.9 Å². The van der Waals surface area contributed by atoms with E-state index in [1.807, 2.05) is 0 Å². The summed E-state index contributed by atoms with van der Waals surface area (Å²) >= 11 is 0. The van der Waals surface area contributed by atoms with Gasteiger partial charge in [-0.2, -0.15) is 0 Å². The van der Waals surface area contributed by atoms with Crippen molar-refractivity contribution in [2.75, 3.05) is 6.61 Å². The Labute approximate surface area is 158 Å². The number of halogens is 1. The van der Waals surface area contributed by atoms with Crippen LogP contribution in [-0.4, -0.2) is 34.4 Å². The number of ketones is 2. The summed E-state index contributed by atoms with van der Waals surface area (Å²) in [6.45, 7) is -0.439. The van der Waals surface area contributed by atoms with Crippen LogP contribution in [0.5, 0.6) is 0 Å². The number of fused-ring (bicyclic) bond motifs is 1. The fraction of sp³-hybridized carbons (Fsp3) is 0.0952. The topological polar surface area (TPSA) is 101 Å². The average Bonchev–Trinajstić information content (AvgIpc) is 3.02. The molecule has 2 N–H and O–H groups in total. The molecule has 2 aromatic carbocycles. The molecule has 0 saturated heterocycles. The smallest absolute Gasteiger partial charge is 0.338 e. The number of cyclic esters (lactones) is 1. The number of Topliss-reactive ketones (excluding diaryl/α,β-unsaturated/α-hetero) is 2. The molecule has 140 valence electrons. The Morgan fingerprint density at radius 2 is 1.50 bits per heavy atom. The Bertz CT molecular complexity index is 1110. The number of hydrogen-bond acceptors (Lipinski definition) is 6. The molecule has 1 heterocycles. The monoisotopic (exact) mass is 380 g/mol. The number of ether oxygens (including phenoxy) is 1. The summed E-state index contributed by atoms with van der Waals surface area (Å²) in [6, 6.07) is 11.2. The Hall–Kier alpha value is -3.74. The summed E-state index contributed by atoms with van der Waals surface area (Å²) in [4.78, 5) is 37.7. The minimum absolute atomic E-state index is 0.00762. The van der Waals surface area contributed by atoms with Crippen LogP contribution in [0.1, 0.15) is 27.4 Å². The zero-order valence-electron chi connectivity index (χ0n) is 14.3. The lowest BCUT2D eigenvalue weighted by Crippen LogP contribution is -2.29. The van der Waals surface area contributed by atoms with Crippen molar-refractivity contribution >= 4 is 23.3 Å². The van der Waals surface area contributed by atoms with Crippen LogP contribution in [0.3, 0.4) is 0 Å². The van der Waals surface area contributed by atoms with Gasteiger partial charge in [0.1, 0.15) is 23.9 Å². The minimum Gasteiger partial charge on any atom is -0.508 e. The van der Waals surface area contributed by atoms with E-state index in [-0.39, 0.29) is 22.3 Å². The lowest BCUT2D eigenvalue weighted by molar-refractivity contribution is -0.136. The third kappa shape index (κ3) is 2.51. The summed E-state index contributed by atoms with van der Waals surface area (Å²) in [5.74, 6) is -6.23. The van der Waals surface area contributed by atoms with Gasteiger partial charge in [-0.3, -0.25) is 9.59 Å². The summed E-state index contributed by atoms with van der Waals surface area (Å²) < 4.78 is 19.4. The van der Waals surface area contributed by atoms with E-state index < -0.39 is 53.0 Å². The van der Waals surface area contributed by atoms with Crippen molar-refractivity contribution in [1.82, 2.24) is 0 Å². The van der Waals surface area contributed by atoms with Gasteiger partial charge in [-0.15, -0.1) is 0 Å². The molecule has 0 amide bonds. The van der Waals surface area contributed by atoms with Gasteiger partial charge in [0.2, 0.25) is 11.6 Å². The summed E-state index contributed by atoms with van der Waals surface area (Å²) in [7, 11) is 0. The van der Waals surface area contributed by atoms with Crippen LogP contribution in [0.25, 0.3) is 5.76 Å². The van der Waals surface area contributed by atoms with Gasteiger partial charge in [0.25, 0.3) is 0 Å². The second-order valence-corrected chi connectivity index (χ2v) is 6.36. The van der Waals surface area contributed by atoms with E-state index in [1.165, 1.54) is 30.3 Å². The molecule has 28 heavy (non-hydrogen) atoms. The summed E-state index contributed by atoms with van der Waals surface area (Å²) in [5, 5.41) is 20.9. The fourth-order valence-electron chi connectivity index (χ4n) is 3.51. The fourth-order valence-corrected chi connectivity index (χ4v) is 3.51. The minimum atomic E-state index is -1.50. The highest BCUT2D eigenvalue weighted by Crippen LogP contribution is 2.43. The molecular formula is C21H13FO6. The zero-order valence-corrected chi connectivity index (χ0v) is 14.3. The number of esters is 1. The highest BCUT2D eigenvalue weighted by molar-refractivity contribution is 6.52. The van der Waals surface area contributed by atoms with E-state index in [2.05, 4.69) is 0 Å². The molecule has 0 spiro atoms. The number of benzene rings is 2. The van der Waals surface area contributed by atoms with E-state index in [9.17, 15) is 29.0 Å². The number of hydrogen-bond donors (Lipinski definition) is 2. The van der Waals surface area contributed by atoms with Crippen LogP contribution < -0.4 is 0 Å². The molecule has 0 bridgehead atoms. The van der Waals surface area contributed by atoms with Gasteiger partial charge in [0, 0.05) is 16.7 Å². The SMILES string of the molecule is O=C1OCC(O)=C1C(C1=C(O)c2ccccc2C(=O)C1=O)c1ccccc1F. The van der Waals surface area contributed by atoms with Gasteiger partial charge < -0.3 is 14.9 Å². The molecule has 2 aliphatic rings. The highest BCUT2D eigenvalue weighted by Gasteiger charge is 2.44. The maximum atomic E-state index is 14.6. The van der Waals surface area contributed by atoms with Crippen molar-refractivity contribution in [2.45, 2.75) is 5.92 Å². The number of rotatable bonds is 3. The van der Waals surface area contributed by atoms with Crippen molar-refractivity contribution in [3.8, 4) is 0 Å². The van der Waals surface area contributed by atoms with Crippen molar-refractivity contribution in [3.63, 3.8) is 0 Å². The molecular weight excluding hydrogens is 367 g/mol. The van der Waals surface area contributed by atoms with E-state index in [0.717, 1.165) is 6.07 Å². The molecule has 1 atom stereocenters. The molecule has 2 aromatic rings. The lowest BCUT2D eigenvalue weighted by Gasteiger charge is -2.25. The normalized spacial score (nSPS) is 17.7. The van der Waals surface area contributed by atoms with Crippen molar-refractivity contribution < 1.29 is 33.7 Å². The van der Waals surface area contributed by atoms with Gasteiger partial charge in [0.15, 0.2) is 0 Å². The Kier molecular flexibility index (Phi) is 4.07. The quantitative estimate of drug-likeness (QED) is 0.627. The standard InChI is InChI=1S/C21H13FO6/c22-13-8-4-3-7-12(13)15(16-14(23)9-28-21(16)27)17-18(24)10-5-1-2-6-11(10)19(25)20(17)26/h1-8,15,23-24H,9H2. The predicted molar refractivity (Wildman–Crippen MR) is 95.1 cm³/mol. The van der Waals surface area contributed by atoms with Gasteiger partial charge in [-0.1, -0.05) is 42.5 Å².